The van der Waals surface area contributed by atoms with E-state index in [1.165, 1.54) is 154 Å². The van der Waals surface area contributed by atoms with Crippen molar-refractivity contribution in [3.8, 4) is 0 Å². The first kappa shape index (κ1) is 59.4. The van der Waals surface area contributed by atoms with Gasteiger partial charge in [-0.25, -0.2) is 0 Å². The zero-order valence-corrected chi connectivity index (χ0v) is 40.8. The number of hydrogen-bond donors (Lipinski definition) is 4. The minimum absolute atomic E-state index is 0.166. The van der Waals surface area contributed by atoms with Crippen molar-refractivity contribution in [3.05, 3.63) is 12.2 Å². The maximum absolute atomic E-state index is 12.8. The van der Waals surface area contributed by atoms with Gasteiger partial charge in [0.05, 0.1) is 6.61 Å². The van der Waals surface area contributed by atoms with Crippen molar-refractivity contribution < 1.29 is 56.8 Å². The molecule has 372 valence electrons. The van der Waals surface area contributed by atoms with E-state index in [2.05, 4.69) is 26.0 Å². The molecule has 2 unspecified atom stereocenters. The number of allylic oxidation sites excluding steroid dienone is 2. The van der Waals surface area contributed by atoms with E-state index in [0.717, 1.165) is 44.9 Å². The Bertz CT molecular complexity index is 1210. The van der Waals surface area contributed by atoms with E-state index in [-0.39, 0.29) is 19.4 Å². The molecule has 0 spiro atoms. The van der Waals surface area contributed by atoms with Gasteiger partial charge in [-0.1, -0.05) is 206 Å². The Morgan fingerprint density at radius 1 is 0.524 bits per heavy atom. The summed E-state index contributed by atoms with van der Waals surface area (Å²) in [7, 11) is -4.60. The van der Waals surface area contributed by atoms with Gasteiger partial charge in [0.2, 0.25) is 0 Å². The maximum atomic E-state index is 12.8. The Balaban J connectivity index is 2.35. The first-order chi connectivity index (χ1) is 30.5. The fourth-order valence-corrected chi connectivity index (χ4v) is 8.76. The summed E-state index contributed by atoms with van der Waals surface area (Å²) in [4.78, 5) is 25.5. The smallest absolute Gasteiger partial charge is 0.306 e. The van der Waals surface area contributed by atoms with Crippen molar-refractivity contribution >= 4 is 22.1 Å². The third kappa shape index (κ3) is 35.3. The third-order valence-electron chi connectivity index (χ3n) is 12.1. The van der Waals surface area contributed by atoms with Crippen LogP contribution in [0.5, 0.6) is 0 Å². The standard InChI is InChI=1S/C50H94O12S/c1-3-5-7-9-11-13-15-17-19-20-21-22-23-25-26-28-30-32-34-36-38-45(51)59-40-43(41-60-50-49(55)48(54)47(53)44(62-50)42-63(56,57)58)61-46(52)39-37-35-33-31-29-27-24-18-16-14-12-10-8-6-4-2/h10,12,43-44,47-50,53-55H,3-9,11,13-42H2,1-2H3,(H,56,57,58)/b12-10+/t43-,44-,47-,48?,49?,50+/m1/s1. The summed E-state index contributed by atoms with van der Waals surface area (Å²) < 4.78 is 54.2. The summed E-state index contributed by atoms with van der Waals surface area (Å²) in [6.45, 7) is 3.77. The van der Waals surface area contributed by atoms with Crippen molar-refractivity contribution in [2.45, 2.75) is 275 Å². The monoisotopic (exact) mass is 919 g/mol. The van der Waals surface area contributed by atoms with Crippen LogP contribution in [0.25, 0.3) is 0 Å². The number of carbonyl (C=O) groups is 2. The first-order valence-corrected chi connectivity index (χ1v) is 27.4. The van der Waals surface area contributed by atoms with Crippen LogP contribution in [-0.2, 0) is 38.7 Å². The highest BCUT2D eigenvalue weighted by molar-refractivity contribution is 7.85. The molecule has 0 aliphatic carbocycles. The van der Waals surface area contributed by atoms with E-state index < -0.39 is 71.2 Å². The summed E-state index contributed by atoms with van der Waals surface area (Å²) in [5, 5.41) is 31.0. The molecule has 6 atom stereocenters. The van der Waals surface area contributed by atoms with Crippen LogP contribution in [0.3, 0.4) is 0 Å². The highest BCUT2D eigenvalue weighted by Crippen LogP contribution is 2.24. The number of aliphatic hydroxyl groups excluding tert-OH is 3. The summed E-state index contributed by atoms with van der Waals surface area (Å²) in [5.74, 6) is -1.97. The number of rotatable bonds is 44. The number of hydrogen-bond acceptors (Lipinski definition) is 11. The molecule has 12 nitrogen and oxygen atoms in total. The second kappa shape index (κ2) is 40.6. The lowest BCUT2D eigenvalue weighted by Gasteiger charge is -2.40. The van der Waals surface area contributed by atoms with E-state index in [1.807, 2.05) is 0 Å². The highest BCUT2D eigenvalue weighted by atomic mass is 32.2. The average Bonchev–Trinajstić information content (AvgIpc) is 3.25. The largest absolute Gasteiger partial charge is 0.462 e. The molecule has 0 saturated carbocycles. The molecule has 1 rings (SSSR count). The lowest BCUT2D eigenvalue weighted by molar-refractivity contribution is -0.297. The third-order valence-corrected chi connectivity index (χ3v) is 12.8. The highest BCUT2D eigenvalue weighted by Gasteiger charge is 2.46. The molecule has 0 amide bonds. The topological polar surface area (TPSA) is 186 Å². The van der Waals surface area contributed by atoms with Crippen LogP contribution in [0.2, 0.25) is 0 Å². The summed E-state index contributed by atoms with van der Waals surface area (Å²) in [6, 6.07) is 0. The van der Waals surface area contributed by atoms with Crippen molar-refractivity contribution in [1.29, 1.82) is 0 Å². The Morgan fingerprint density at radius 3 is 1.37 bits per heavy atom. The van der Waals surface area contributed by atoms with Gasteiger partial charge in [0.15, 0.2) is 12.4 Å². The van der Waals surface area contributed by atoms with Crippen molar-refractivity contribution in [2.24, 2.45) is 0 Å². The fourth-order valence-electron chi connectivity index (χ4n) is 8.07. The molecule has 0 aromatic carbocycles. The Morgan fingerprint density at radius 2 is 0.921 bits per heavy atom. The summed E-state index contributed by atoms with van der Waals surface area (Å²) in [5.41, 5.74) is 0. The molecule has 1 saturated heterocycles. The van der Waals surface area contributed by atoms with Crippen LogP contribution >= 0.6 is 0 Å². The van der Waals surface area contributed by atoms with Crippen LogP contribution in [0.1, 0.15) is 239 Å². The number of ether oxygens (including phenoxy) is 4. The van der Waals surface area contributed by atoms with Gasteiger partial charge < -0.3 is 34.3 Å². The van der Waals surface area contributed by atoms with Crippen LogP contribution in [0, 0.1) is 0 Å². The van der Waals surface area contributed by atoms with E-state index in [0.29, 0.717) is 12.8 Å². The second-order valence-electron chi connectivity index (χ2n) is 18.2. The molecular weight excluding hydrogens is 825 g/mol. The second-order valence-corrected chi connectivity index (χ2v) is 19.7. The van der Waals surface area contributed by atoms with Crippen LogP contribution < -0.4 is 0 Å². The van der Waals surface area contributed by atoms with Crippen molar-refractivity contribution in [3.63, 3.8) is 0 Å². The number of unbranched alkanes of at least 4 members (excludes halogenated alkanes) is 30. The average molecular weight is 919 g/mol. The summed E-state index contributed by atoms with van der Waals surface area (Å²) in [6.07, 6.45) is 35.4. The molecule has 4 N–H and O–H groups in total. The minimum atomic E-state index is -4.60. The molecule has 0 bridgehead atoms. The molecule has 1 aliphatic rings. The van der Waals surface area contributed by atoms with E-state index in [1.54, 1.807) is 0 Å². The minimum Gasteiger partial charge on any atom is -0.462 e. The SMILES string of the molecule is CCCC/C=C/CCCCCCCCCCCC(=O)O[C@H](COC(=O)CCCCCCCCCCCCCCCCCCCCCC)CO[C@H]1O[C@H](CS(=O)(=O)O)[C@@H](O)C(O)C1O. The molecule has 0 aromatic heterocycles. The molecule has 0 radical (unpaired) electrons. The summed E-state index contributed by atoms with van der Waals surface area (Å²) >= 11 is 0. The molecule has 13 heteroatoms. The van der Waals surface area contributed by atoms with Gasteiger partial charge in [-0.15, -0.1) is 0 Å². The van der Waals surface area contributed by atoms with E-state index in [4.69, 9.17) is 18.9 Å². The lowest BCUT2D eigenvalue weighted by Crippen LogP contribution is -2.60. The van der Waals surface area contributed by atoms with Crippen LogP contribution in [-0.4, -0.2) is 96.0 Å². The zero-order valence-electron chi connectivity index (χ0n) is 40.0. The van der Waals surface area contributed by atoms with Gasteiger partial charge in [0.25, 0.3) is 10.1 Å². The maximum Gasteiger partial charge on any atom is 0.306 e. The Kier molecular flexibility index (Phi) is 38.3. The van der Waals surface area contributed by atoms with Gasteiger partial charge in [-0.3, -0.25) is 14.1 Å². The first-order valence-electron chi connectivity index (χ1n) is 25.7. The fraction of sp³-hybridized carbons (Fsp3) is 0.920. The quantitative estimate of drug-likeness (QED) is 0.0196. The predicted octanol–water partition coefficient (Wildman–Crippen LogP) is 11.4. The molecular formula is C50H94O12S. The Labute approximate surface area is 384 Å². The van der Waals surface area contributed by atoms with Crippen molar-refractivity contribution in [2.75, 3.05) is 19.0 Å². The zero-order chi connectivity index (χ0) is 46.2. The molecule has 1 heterocycles. The Hall–Kier alpha value is -1.61. The van der Waals surface area contributed by atoms with E-state index >= 15 is 0 Å². The lowest BCUT2D eigenvalue weighted by atomic mass is 10.00. The normalized spacial score (nSPS) is 19.7. The van der Waals surface area contributed by atoms with Gasteiger partial charge in [-0.05, 0) is 32.1 Å². The molecule has 1 aliphatic heterocycles. The molecule has 0 aromatic rings. The van der Waals surface area contributed by atoms with Crippen LogP contribution in [0.4, 0.5) is 0 Å². The number of aliphatic hydroxyl groups is 3. The van der Waals surface area contributed by atoms with E-state index in [9.17, 15) is 37.9 Å². The number of carbonyl (C=O) groups excluding carboxylic acids is 2. The van der Waals surface area contributed by atoms with Crippen molar-refractivity contribution in [1.82, 2.24) is 0 Å². The van der Waals surface area contributed by atoms with Gasteiger partial charge in [0, 0.05) is 12.8 Å². The number of esters is 2. The predicted molar refractivity (Wildman–Crippen MR) is 252 cm³/mol. The van der Waals surface area contributed by atoms with Crippen LogP contribution in [0.15, 0.2) is 12.2 Å². The van der Waals surface area contributed by atoms with Gasteiger partial charge in [0.1, 0.15) is 36.8 Å². The van der Waals surface area contributed by atoms with Gasteiger partial charge in [-0.2, -0.15) is 8.42 Å². The molecule has 1 fully saturated rings. The molecule has 63 heavy (non-hydrogen) atoms. The van der Waals surface area contributed by atoms with Gasteiger partial charge >= 0.3 is 11.9 Å².